The van der Waals surface area contributed by atoms with Crippen molar-refractivity contribution in [2.45, 2.75) is 12.4 Å². The number of aliphatic carboxylic acids is 1. The highest BCUT2D eigenvalue weighted by molar-refractivity contribution is 8.00. The van der Waals surface area contributed by atoms with Crippen LogP contribution < -0.4 is 5.32 Å². The SMILES string of the molecule is CCN(CC(=O)O)C(=O)NCCSC(F)(F)F. The zero-order valence-electron chi connectivity index (χ0n) is 9.08. The van der Waals surface area contributed by atoms with Crippen LogP contribution in [0.1, 0.15) is 6.92 Å². The number of hydrogen-bond donors (Lipinski definition) is 2. The first kappa shape index (κ1) is 15.9. The van der Waals surface area contributed by atoms with Gasteiger partial charge in [-0.1, -0.05) is 0 Å². The number of alkyl halides is 3. The van der Waals surface area contributed by atoms with E-state index >= 15 is 0 Å². The second-order valence-electron chi connectivity index (χ2n) is 2.93. The molecule has 0 rings (SSSR count). The molecule has 0 aromatic rings. The van der Waals surface area contributed by atoms with Crippen molar-refractivity contribution in [3.05, 3.63) is 0 Å². The number of hydrogen-bond acceptors (Lipinski definition) is 3. The number of halogens is 3. The topological polar surface area (TPSA) is 69.6 Å². The minimum Gasteiger partial charge on any atom is -0.480 e. The summed E-state index contributed by atoms with van der Waals surface area (Å²) in [6, 6.07) is -0.683. The molecule has 0 atom stereocenters. The molecular weight excluding hydrogens is 261 g/mol. The van der Waals surface area contributed by atoms with Gasteiger partial charge in [0.05, 0.1) is 0 Å². The molecule has 0 unspecified atom stereocenters. The van der Waals surface area contributed by atoms with Crippen molar-refractivity contribution in [1.29, 1.82) is 0 Å². The zero-order valence-corrected chi connectivity index (χ0v) is 9.90. The Morgan fingerprint density at radius 3 is 2.41 bits per heavy atom. The highest BCUT2D eigenvalue weighted by Crippen LogP contribution is 2.29. The summed E-state index contributed by atoms with van der Waals surface area (Å²) >= 11 is -0.241. The van der Waals surface area contributed by atoms with Gasteiger partial charge in [-0.2, -0.15) is 13.2 Å². The molecule has 0 aromatic heterocycles. The number of nitrogens with zero attached hydrogens (tertiary/aromatic N) is 1. The maximum absolute atomic E-state index is 11.7. The van der Waals surface area contributed by atoms with Gasteiger partial charge in [-0.25, -0.2) is 4.79 Å². The monoisotopic (exact) mass is 274 g/mol. The Hall–Kier alpha value is -1.12. The fourth-order valence-electron chi connectivity index (χ4n) is 0.927. The van der Waals surface area contributed by atoms with Gasteiger partial charge in [0.25, 0.3) is 0 Å². The lowest BCUT2D eigenvalue weighted by Gasteiger charge is -2.19. The number of likely N-dealkylation sites (N-methyl/N-ethyl adjacent to an activating group) is 1. The maximum Gasteiger partial charge on any atom is 0.441 e. The van der Waals surface area contributed by atoms with Crippen LogP contribution in [-0.2, 0) is 4.79 Å². The van der Waals surface area contributed by atoms with E-state index in [1.54, 1.807) is 6.92 Å². The van der Waals surface area contributed by atoms with E-state index in [9.17, 15) is 22.8 Å². The number of nitrogens with one attached hydrogen (secondary N) is 1. The summed E-state index contributed by atoms with van der Waals surface area (Å²) in [4.78, 5) is 22.6. The molecule has 0 bridgehead atoms. The predicted octanol–water partition coefficient (Wildman–Crippen LogP) is 1.36. The molecule has 0 aromatic carbocycles. The van der Waals surface area contributed by atoms with Gasteiger partial charge in [-0.05, 0) is 18.7 Å². The van der Waals surface area contributed by atoms with E-state index in [0.29, 0.717) is 0 Å². The Kier molecular flexibility index (Phi) is 6.78. The lowest BCUT2D eigenvalue weighted by molar-refractivity contribution is -0.137. The average Bonchev–Trinajstić information content (AvgIpc) is 2.19. The minimum absolute atomic E-state index is 0.168. The smallest absolute Gasteiger partial charge is 0.441 e. The Morgan fingerprint density at radius 2 is 2.00 bits per heavy atom. The third-order valence-electron chi connectivity index (χ3n) is 1.64. The second kappa shape index (κ2) is 7.25. The van der Waals surface area contributed by atoms with Crippen molar-refractivity contribution in [2.24, 2.45) is 0 Å². The molecule has 0 aliphatic heterocycles. The number of carbonyl (C=O) groups excluding carboxylic acids is 1. The van der Waals surface area contributed by atoms with Gasteiger partial charge in [0, 0.05) is 18.8 Å². The van der Waals surface area contributed by atoms with Crippen LogP contribution >= 0.6 is 11.8 Å². The number of carboxylic acids is 1. The first-order valence-electron chi connectivity index (χ1n) is 4.71. The van der Waals surface area contributed by atoms with Crippen LogP contribution in [0.4, 0.5) is 18.0 Å². The summed E-state index contributed by atoms with van der Waals surface area (Å²) in [5, 5.41) is 10.7. The normalized spacial score (nSPS) is 11.1. The predicted molar refractivity (Wildman–Crippen MR) is 56.8 cm³/mol. The van der Waals surface area contributed by atoms with Gasteiger partial charge < -0.3 is 15.3 Å². The molecule has 0 aliphatic rings. The number of urea groups is 1. The van der Waals surface area contributed by atoms with E-state index in [1.165, 1.54) is 0 Å². The quantitative estimate of drug-likeness (QED) is 0.717. The highest BCUT2D eigenvalue weighted by Gasteiger charge is 2.27. The molecule has 0 saturated carbocycles. The van der Waals surface area contributed by atoms with E-state index in [0.717, 1.165) is 4.90 Å². The van der Waals surface area contributed by atoms with E-state index in [1.807, 2.05) is 0 Å². The summed E-state index contributed by atoms with van der Waals surface area (Å²) in [5.74, 6) is -1.48. The van der Waals surface area contributed by atoms with Crippen LogP contribution in [0.2, 0.25) is 0 Å². The van der Waals surface area contributed by atoms with Gasteiger partial charge in [-0.3, -0.25) is 4.79 Å². The molecule has 2 amide bonds. The van der Waals surface area contributed by atoms with E-state index in [4.69, 9.17) is 5.11 Å². The molecule has 0 spiro atoms. The van der Waals surface area contributed by atoms with Crippen LogP contribution in [0.15, 0.2) is 0 Å². The van der Waals surface area contributed by atoms with E-state index in [2.05, 4.69) is 5.32 Å². The highest BCUT2D eigenvalue weighted by atomic mass is 32.2. The molecule has 100 valence electrons. The van der Waals surface area contributed by atoms with Crippen molar-refractivity contribution in [2.75, 3.05) is 25.4 Å². The molecule has 2 N–H and O–H groups in total. The molecule has 0 fully saturated rings. The van der Waals surface area contributed by atoms with E-state index in [-0.39, 0.29) is 30.6 Å². The molecular formula is C8H13F3N2O3S. The number of carbonyl (C=O) groups is 2. The number of carboxylic acid groups (broad SMARTS) is 1. The number of thioether (sulfide) groups is 1. The first-order chi connectivity index (χ1) is 7.76. The van der Waals surface area contributed by atoms with Crippen molar-refractivity contribution in [3.63, 3.8) is 0 Å². The maximum atomic E-state index is 11.7. The van der Waals surface area contributed by atoms with Crippen molar-refractivity contribution < 1.29 is 27.9 Å². The number of amides is 2. The van der Waals surface area contributed by atoms with E-state index < -0.39 is 24.1 Å². The second-order valence-corrected chi connectivity index (χ2v) is 4.09. The Labute approximate surface area is 100 Å². The minimum atomic E-state index is -4.32. The lowest BCUT2D eigenvalue weighted by Crippen LogP contribution is -2.43. The molecule has 0 saturated heterocycles. The average molecular weight is 274 g/mol. The lowest BCUT2D eigenvalue weighted by atomic mass is 10.5. The summed E-state index contributed by atoms with van der Waals surface area (Å²) in [6.45, 7) is 1.10. The van der Waals surface area contributed by atoms with Gasteiger partial charge in [0.15, 0.2) is 0 Å². The van der Waals surface area contributed by atoms with Gasteiger partial charge in [-0.15, -0.1) is 0 Å². The standard InChI is InChI=1S/C8H13F3N2O3S/c1-2-13(5-6(14)15)7(16)12-3-4-17-8(9,10)11/h2-5H2,1H3,(H,12,16)(H,14,15). The van der Waals surface area contributed by atoms with Crippen molar-refractivity contribution >= 4 is 23.8 Å². The molecule has 0 heterocycles. The summed E-state index contributed by atoms with van der Waals surface area (Å²) in [5.41, 5.74) is -4.32. The van der Waals surface area contributed by atoms with Crippen LogP contribution in [0, 0.1) is 0 Å². The molecule has 0 radical (unpaired) electrons. The molecule has 5 nitrogen and oxygen atoms in total. The number of rotatable bonds is 6. The van der Waals surface area contributed by atoms with Crippen LogP contribution in [0.25, 0.3) is 0 Å². The Bertz CT molecular complexity index is 273. The summed E-state index contributed by atoms with van der Waals surface area (Å²) < 4.78 is 35.2. The van der Waals surface area contributed by atoms with Gasteiger partial charge >= 0.3 is 17.5 Å². The van der Waals surface area contributed by atoms with Crippen LogP contribution in [0.3, 0.4) is 0 Å². The van der Waals surface area contributed by atoms with Crippen LogP contribution in [-0.4, -0.2) is 52.9 Å². The fourth-order valence-corrected chi connectivity index (χ4v) is 1.36. The third kappa shape index (κ3) is 8.66. The third-order valence-corrected chi connectivity index (χ3v) is 2.37. The molecule has 17 heavy (non-hydrogen) atoms. The van der Waals surface area contributed by atoms with Crippen molar-refractivity contribution in [3.8, 4) is 0 Å². The Morgan fingerprint density at radius 1 is 1.41 bits per heavy atom. The molecule has 9 heteroatoms. The largest absolute Gasteiger partial charge is 0.480 e. The Balaban J connectivity index is 3.87. The summed E-state index contributed by atoms with van der Waals surface area (Å²) in [6.07, 6.45) is 0. The first-order valence-corrected chi connectivity index (χ1v) is 5.70. The van der Waals surface area contributed by atoms with Crippen LogP contribution in [0.5, 0.6) is 0 Å². The van der Waals surface area contributed by atoms with Gasteiger partial charge in [0.1, 0.15) is 6.54 Å². The summed E-state index contributed by atoms with van der Waals surface area (Å²) in [7, 11) is 0. The van der Waals surface area contributed by atoms with Crippen molar-refractivity contribution in [1.82, 2.24) is 10.2 Å². The fraction of sp³-hybridized carbons (Fsp3) is 0.750. The van der Waals surface area contributed by atoms with Gasteiger partial charge in [0.2, 0.25) is 0 Å². The zero-order chi connectivity index (χ0) is 13.5. The molecule has 0 aliphatic carbocycles.